The number of rotatable bonds is 4. The average molecular weight is 314 g/mol. The number of nitrogens with one attached hydrogen (secondary N) is 1. The highest BCUT2D eigenvalue weighted by molar-refractivity contribution is 5.94. The van der Waals surface area contributed by atoms with Crippen molar-refractivity contribution in [2.24, 2.45) is 0 Å². The van der Waals surface area contributed by atoms with Gasteiger partial charge in [0, 0.05) is 5.56 Å². The summed E-state index contributed by atoms with van der Waals surface area (Å²) in [5.74, 6) is -2.03. The summed E-state index contributed by atoms with van der Waals surface area (Å²) >= 11 is 0. The van der Waals surface area contributed by atoms with Gasteiger partial charge >= 0.3 is 12.1 Å². The van der Waals surface area contributed by atoms with Crippen LogP contribution in [0.4, 0.5) is 13.2 Å². The van der Waals surface area contributed by atoms with Crippen molar-refractivity contribution in [3.05, 3.63) is 41.8 Å². The first kappa shape index (κ1) is 15.5. The zero-order valence-electron chi connectivity index (χ0n) is 10.8. The molecule has 0 unspecified atom stereocenters. The molecular weight excluding hydrogens is 305 g/mol. The van der Waals surface area contributed by atoms with Crippen LogP contribution in [0.15, 0.2) is 34.9 Å². The predicted octanol–water partition coefficient (Wildman–Crippen LogP) is 2.17. The van der Waals surface area contributed by atoms with Crippen LogP contribution in [0.1, 0.15) is 16.1 Å². The van der Waals surface area contributed by atoms with Crippen molar-refractivity contribution in [1.29, 1.82) is 0 Å². The van der Waals surface area contributed by atoms with Gasteiger partial charge in [-0.1, -0.05) is 0 Å². The van der Waals surface area contributed by atoms with Crippen LogP contribution in [0.5, 0.6) is 0 Å². The van der Waals surface area contributed by atoms with Crippen LogP contribution in [0.25, 0.3) is 11.5 Å². The van der Waals surface area contributed by atoms with E-state index in [4.69, 9.17) is 9.52 Å². The standard InChI is InChI=1S/C13H9F3N2O4/c14-13(15,16)8-3-1-7(2-4-8)12-18-9(6-22-12)11(21)17-5-10(19)20/h1-4,6H,5H2,(H,17,21)(H,19,20). The lowest BCUT2D eigenvalue weighted by Crippen LogP contribution is -2.29. The first-order valence-electron chi connectivity index (χ1n) is 5.90. The van der Waals surface area contributed by atoms with Gasteiger partial charge in [0.15, 0.2) is 5.69 Å². The molecule has 22 heavy (non-hydrogen) atoms. The number of hydrogen-bond acceptors (Lipinski definition) is 4. The smallest absolute Gasteiger partial charge is 0.416 e. The molecule has 6 nitrogen and oxygen atoms in total. The van der Waals surface area contributed by atoms with Crippen molar-refractivity contribution in [3.63, 3.8) is 0 Å². The van der Waals surface area contributed by atoms with Gasteiger partial charge in [-0.05, 0) is 24.3 Å². The lowest BCUT2D eigenvalue weighted by molar-refractivity contribution is -0.138. The molecule has 116 valence electrons. The number of nitrogens with zero attached hydrogens (tertiary/aromatic N) is 1. The number of halogens is 3. The zero-order chi connectivity index (χ0) is 16.3. The number of benzene rings is 1. The van der Waals surface area contributed by atoms with E-state index in [0.29, 0.717) is 0 Å². The second kappa shape index (κ2) is 5.88. The fraction of sp³-hybridized carbons (Fsp3) is 0.154. The fourth-order valence-corrected chi connectivity index (χ4v) is 1.56. The molecule has 0 spiro atoms. The van der Waals surface area contributed by atoms with Gasteiger partial charge in [-0.25, -0.2) is 4.98 Å². The van der Waals surface area contributed by atoms with Gasteiger partial charge in [0.05, 0.1) is 5.56 Å². The summed E-state index contributed by atoms with van der Waals surface area (Å²) in [7, 11) is 0. The van der Waals surface area contributed by atoms with Gasteiger partial charge in [0.1, 0.15) is 12.8 Å². The number of carboxylic acids is 1. The molecular formula is C13H9F3N2O4. The molecule has 0 fully saturated rings. The summed E-state index contributed by atoms with van der Waals surface area (Å²) in [5.41, 5.74) is -0.733. The van der Waals surface area contributed by atoms with E-state index in [2.05, 4.69) is 10.3 Å². The molecule has 1 aromatic heterocycles. The third-order valence-electron chi connectivity index (χ3n) is 2.60. The van der Waals surface area contributed by atoms with E-state index in [9.17, 15) is 22.8 Å². The van der Waals surface area contributed by atoms with Gasteiger partial charge in [0.25, 0.3) is 5.91 Å². The lowest BCUT2D eigenvalue weighted by Gasteiger charge is -2.05. The summed E-state index contributed by atoms with van der Waals surface area (Å²) in [6.07, 6.45) is -3.46. The van der Waals surface area contributed by atoms with Crippen LogP contribution in [0, 0.1) is 0 Å². The summed E-state index contributed by atoms with van der Waals surface area (Å²) < 4.78 is 42.3. The minimum atomic E-state index is -4.45. The van der Waals surface area contributed by atoms with E-state index in [1.165, 1.54) is 0 Å². The van der Waals surface area contributed by atoms with Crippen molar-refractivity contribution < 1.29 is 32.3 Å². The van der Waals surface area contributed by atoms with Crippen LogP contribution in [0.2, 0.25) is 0 Å². The van der Waals surface area contributed by atoms with Gasteiger partial charge in [-0.15, -0.1) is 0 Å². The van der Waals surface area contributed by atoms with Crippen molar-refractivity contribution >= 4 is 11.9 Å². The first-order valence-corrected chi connectivity index (χ1v) is 5.90. The Labute approximate surface area is 121 Å². The molecule has 0 aliphatic carbocycles. The molecule has 0 aliphatic rings. The normalized spacial score (nSPS) is 11.2. The SMILES string of the molecule is O=C(O)CNC(=O)c1coc(-c2ccc(C(F)(F)F)cc2)n1. The van der Waals surface area contributed by atoms with E-state index < -0.39 is 30.2 Å². The molecule has 0 saturated carbocycles. The van der Waals surface area contributed by atoms with Gasteiger partial charge < -0.3 is 14.8 Å². The molecule has 0 bridgehead atoms. The highest BCUT2D eigenvalue weighted by atomic mass is 19.4. The minimum Gasteiger partial charge on any atom is -0.480 e. The minimum absolute atomic E-state index is 0.0470. The third kappa shape index (κ3) is 3.62. The lowest BCUT2D eigenvalue weighted by atomic mass is 10.1. The Morgan fingerprint density at radius 2 is 1.86 bits per heavy atom. The van der Waals surface area contributed by atoms with E-state index in [1.807, 2.05) is 0 Å². The van der Waals surface area contributed by atoms with E-state index in [1.54, 1.807) is 0 Å². The number of amides is 1. The Bertz CT molecular complexity index is 692. The van der Waals surface area contributed by atoms with Crippen molar-refractivity contribution in [3.8, 4) is 11.5 Å². The Hall–Kier alpha value is -2.84. The maximum absolute atomic E-state index is 12.4. The Kier molecular flexibility index (Phi) is 4.15. The molecule has 0 atom stereocenters. The monoisotopic (exact) mass is 314 g/mol. The van der Waals surface area contributed by atoms with Gasteiger partial charge in [0.2, 0.25) is 5.89 Å². The number of hydrogen-bond donors (Lipinski definition) is 2. The van der Waals surface area contributed by atoms with Gasteiger partial charge in [-0.2, -0.15) is 13.2 Å². The maximum Gasteiger partial charge on any atom is 0.416 e. The largest absolute Gasteiger partial charge is 0.480 e. The van der Waals surface area contributed by atoms with Crippen molar-refractivity contribution in [2.45, 2.75) is 6.18 Å². The number of alkyl halides is 3. The van der Waals surface area contributed by atoms with Crippen LogP contribution in [-0.2, 0) is 11.0 Å². The molecule has 2 aromatic rings. The highest BCUT2D eigenvalue weighted by Gasteiger charge is 2.30. The van der Waals surface area contributed by atoms with Crippen LogP contribution < -0.4 is 5.32 Å². The molecule has 2 rings (SSSR count). The first-order chi connectivity index (χ1) is 10.3. The molecule has 1 heterocycles. The number of aliphatic carboxylic acids is 1. The van der Waals surface area contributed by atoms with Crippen LogP contribution >= 0.6 is 0 Å². The number of carbonyl (C=O) groups is 2. The Morgan fingerprint density at radius 1 is 1.23 bits per heavy atom. The molecule has 0 radical (unpaired) electrons. The molecule has 0 aliphatic heterocycles. The van der Waals surface area contributed by atoms with E-state index >= 15 is 0 Å². The topological polar surface area (TPSA) is 92.4 Å². The maximum atomic E-state index is 12.4. The number of carbonyl (C=O) groups excluding carboxylic acids is 1. The Balaban J connectivity index is 2.14. The third-order valence-corrected chi connectivity index (χ3v) is 2.60. The molecule has 1 aromatic carbocycles. The quantitative estimate of drug-likeness (QED) is 0.902. The molecule has 2 N–H and O–H groups in total. The zero-order valence-corrected chi connectivity index (χ0v) is 10.8. The number of oxazole rings is 1. The van der Waals surface area contributed by atoms with Crippen molar-refractivity contribution in [1.82, 2.24) is 10.3 Å². The highest BCUT2D eigenvalue weighted by Crippen LogP contribution is 2.30. The number of carboxylic acid groups (broad SMARTS) is 1. The fourth-order valence-electron chi connectivity index (χ4n) is 1.56. The molecule has 0 saturated heterocycles. The van der Waals surface area contributed by atoms with E-state index in [0.717, 1.165) is 30.5 Å². The predicted molar refractivity (Wildman–Crippen MR) is 66.9 cm³/mol. The molecule has 1 amide bonds. The number of aromatic nitrogens is 1. The summed E-state index contributed by atoms with van der Waals surface area (Å²) in [5, 5.41) is 10.5. The van der Waals surface area contributed by atoms with Crippen molar-refractivity contribution in [2.75, 3.05) is 6.54 Å². The summed E-state index contributed by atoms with van der Waals surface area (Å²) in [4.78, 5) is 25.7. The summed E-state index contributed by atoms with van der Waals surface area (Å²) in [6, 6.07) is 4.05. The second-order valence-electron chi connectivity index (χ2n) is 4.19. The van der Waals surface area contributed by atoms with Crippen LogP contribution in [0.3, 0.4) is 0 Å². The summed E-state index contributed by atoms with van der Waals surface area (Å²) in [6.45, 7) is -0.582. The Morgan fingerprint density at radius 3 is 2.41 bits per heavy atom. The molecule has 9 heteroatoms. The average Bonchev–Trinajstić information content (AvgIpc) is 2.93. The second-order valence-corrected chi connectivity index (χ2v) is 4.19. The van der Waals surface area contributed by atoms with Gasteiger partial charge in [-0.3, -0.25) is 9.59 Å². The van der Waals surface area contributed by atoms with E-state index in [-0.39, 0.29) is 17.1 Å². The van der Waals surface area contributed by atoms with Crippen LogP contribution in [-0.4, -0.2) is 28.5 Å².